The highest BCUT2D eigenvalue weighted by Crippen LogP contribution is 2.15. The fourth-order valence-corrected chi connectivity index (χ4v) is 2.04. The van der Waals surface area contributed by atoms with Gasteiger partial charge in [-0.05, 0) is 43.0 Å². The van der Waals surface area contributed by atoms with Crippen molar-refractivity contribution in [1.29, 1.82) is 0 Å². The molecule has 0 aliphatic heterocycles. The quantitative estimate of drug-likeness (QED) is 0.502. The SMILES string of the molecule is Nc1cc(F)ccc1C(=O)OCCCCc1ccccc1. The lowest BCUT2D eigenvalue weighted by Crippen LogP contribution is -2.09. The second-order valence-corrected chi connectivity index (χ2v) is 4.81. The molecule has 0 bridgehead atoms. The molecular formula is C17H18FNO2. The molecule has 0 atom stereocenters. The predicted molar refractivity (Wildman–Crippen MR) is 80.5 cm³/mol. The highest BCUT2D eigenvalue weighted by atomic mass is 19.1. The van der Waals surface area contributed by atoms with E-state index in [2.05, 4.69) is 12.1 Å². The molecule has 0 aliphatic rings. The number of carbonyl (C=O) groups excluding carboxylic acids is 1. The largest absolute Gasteiger partial charge is 0.462 e. The maximum Gasteiger partial charge on any atom is 0.340 e. The normalized spacial score (nSPS) is 10.3. The van der Waals surface area contributed by atoms with Gasteiger partial charge in [0, 0.05) is 5.69 Å². The number of ether oxygens (including phenoxy) is 1. The van der Waals surface area contributed by atoms with Gasteiger partial charge in [-0.15, -0.1) is 0 Å². The van der Waals surface area contributed by atoms with Gasteiger partial charge in [0.25, 0.3) is 0 Å². The number of halogens is 1. The molecule has 0 aliphatic carbocycles. The molecule has 0 radical (unpaired) electrons. The number of nitrogen functional groups attached to an aromatic ring is 1. The van der Waals surface area contributed by atoms with E-state index >= 15 is 0 Å². The third kappa shape index (κ3) is 4.60. The molecule has 0 amide bonds. The first-order valence-electron chi connectivity index (χ1n) is 6.93. The molecule has 0 heterocycles. The Balaban J connectivity index is 1.72. The van der Waals surface area contributed by atoms with Crippen molar-refractivity contribution in [1.82, 2.24) is 0 Å². The number of carbonyl (C=O) groups is 1. The third-order valence-electron chi connectivity index (χ3n) is 3.17. The zero-order valence-corrected chi connectivity index (χ0v) is 11.7. The lowest BCUT2D eigenvalue weighted by molar-refractivity contribution is 0.0499. The van der Waals surface area contributed by atoms with E-state index in [1.807, 2.05) is 18.2 Å². The highest BCUT2D eigenvalue weighted by molar-refractivity contribution is 5.94. The molecule has 0 saturated heterocycles. The van der Waals surface area contributed by atoms with Crippen LogP contribution in [0.3, 0.4) is 0 Å². The van der Waals surface area contributed by atoms with E-state index in [1.165, 1.54) is 17.7 Å². The summed E-state index contributed by atoms with van der Waals surface area (Å²) in [5.41, 5.74) is 7.17. The van der Waals surface area contributed by atoms with Crippen LogP contribution in [0.2, 0.25) is 0 Å². The van der Waals surface area contributed by atoms with Crippen molar-refractivity contribution in [3.63, 3.8) is 0 Å². The molecule has 21 heavy (non-hydrogen) atoms. The number of benzene rings is 2. The Labute approximate surface area is 123 Å². The van der Waals surface area contributed by atoms with Crippen LogP contribution in [0, 0.1) is 5.82 Å². The second kappa shape index (κ2) is 7.43. The van der Waals surface area contributed by atoms with E-state index in [1.54, 1.807) is 0 Å². The molecule has 2 aromatic rings. The monoisotopic (exact) mass is 287 g/mol. The van der Waals surface area contributed by atoms with Crippen LogP contribution < -0.4 is 5.73 Å². The van der Waals surface area contributed by atoms with Gasteiger partial charge >= 0.3 is 5.97 Å². The molecular weight excluding hydrogens is 269 g/mol. The molecule has 0 fully saturated rings. The summed E-state index contributed by atoms with van der Waals surface area (Å²) < 4.78 is 18.0. The topological polar surface area (TPSA) is 52.3 Å². The summed E-state index contributed by atoms with van der Waals surface area (Å²) in [5, 5.41) is 0. The average molecular weight is 287 g/mol. The number of aryl methyl sites for hydroxylation is 1. The predicted octanol–water partition coefficient (Wildman–Crippen LogP) is 3.59. The summed E-state index contributed by atoms with van der Waals surface area (Å²) in [6.07, 6.45) is 2.68. The van der Waals surface area contributed by atoms with Gasteiger partial charge in [0.05, 0.1) is 12.2 Å². The van der Waals surface area contributed by atoms with Gasteiger partial charge in [-0.2, -0.15) is 0 Å². The number of anilines is 1. The zero-order valence-electron chi connectivity index (χ0n) is 11.7. The Morgan fingerprint density at radius 3 is 2.57 bits per heavy atom. The third-order valence-corrected chi connectivity index (χ3v) is 3.17. The first-order chi connectivity index (χ1) is 10.2. The Bertz CT molecular complexity index is 599. The van der Waals surface area contributed by atoms with E-state index in [-0.39, 0.29) is 11.3 Å². The van der Waals surface area contributed by atoms with Crippen molar-refractivity contribution >= 4 is 11.7 Å². The number of hydrogen-bond acceptors (Lipinski definition) is 3. The van der Waals surface area contributed by atoms with E-state index in [0.717, 1.165) is 25.3 Å². The van der Waals surface area contributed by atoms with Gasteiger partial charge in [-0.1, -0.05) is 30.3 Å². The van der Waals surface area contributed by atoms with Crippen LogP contribution in [0.25, 0.3) is 0 Å². The highest BCUT2D eigenvalue weighted by Gasteiger charge is 2.11. The minimum atomic E-state index is -0.507. The first-order valence-corrected chi connectivity index (χ1v) is 6.93. The zero-order chi connectivity index (χ0) is 15.1. The van der Waals surface area contributed by atoms with Crippen LogP contribution in [-0.4, -0.2) is 12.6 Å². The fraction of sp³-hybridized carbons (Fsp3) is 0.235. The number of esters is 1. The average Bonchev–Trinajstić information content (AvgIpc) is 2.47. The van der Waals surface area contributed by atoms with Crippen molar-refractivity contribution < 1.29 is 13.9 Å². The fourth-order valence-electron chi connectivity index (χ4n) is 2.04. The van der Waals surface area contributed by atoms with Crippen molar-refractivity contribution in [2.45, 2.75) is 19.3 Å². The van der Waals surface area contributed by atoms with E-state index in [9.17, 15) is 9.18 Å². The lowest BCUT2D eigenvalue weighted by atomic mass is 10.1. The van der Waals surface area contributed by atoms with Crippen molar-refractivity contribution in [3.05, 3.63) is 65.5 Å². The smallest absolute Gasteiger partial charge is 0.340 e. The van der Waals surface area contributed by atoms with Crippen molar-refractivity contribution in [2.75, 3.05) is 12.3 Å². The van der Waals surface area contributed by atoms with E-state index in [4.69, 9.17) is 10.5 Å². The Hall–Kier alpha value is -2.36. The number of nitrogens with two attached hydrogens (primary N) is 1. The Morgan fingerprint density at radius 2 is 1.86 bits per heavy atom. The molecule has 2 rings (SSSR count). The van der Waals surface area contributed by atoms with Gasteiger partial charge in [0.1, 0.15) is 5.82 Å². The summed E-state index contributed by atoms with van der Waals surface area (Å²) in [5.74, 6) is -0.973. The second-order valence-electron chi connectivity index (χ2n) is 4.81. The number of rotatable bonds is 6. The number of unbranched alkanes of at least 4 members (excludes halogenated alkanes) is 1. The van der Waals surface area contributed by atoms with Gasteiger partial charge in [0.15, 0.2) is 0 Å². The van der Waals surface area contributed by atoms with Crippen LogP contribution in [0.1, 0.15) is 28.8 Å². The molecule has 0 aromatic heterocycles. The summed E-state index contributed by atoms with van der Waals surface area (Å²) in [6, 6.07) is 13.8. The van der Waals surface area contributed by atoms with Gasteiger partial charge in [-0.25, -0.2) is 9.18 Å². The molecule has 110 valence electrons. The van der Waals surface area contributed by atoms with E-state index in [0.29, 0.717) is 6.61 Å². The summed E-state index contributed by atoms with van der Waals surface area (Å²) in [7, 11) is 0. The molecule has 2 aromatic carbocycles. The molecule has 0 saturated carbocycles. The number of hydrogen-bond donors (Lipinski definition) is 1. The Morgan fingerprint density at radius 1 is 1.10 bits per heavy atom. The first kappa shape index (κ1) is 15.0. The molecule has 0 spiro atoms. The van der Waals surface area contributed by atoms with Gasteiger partial charge in [-0.3, -0.25) is 0 Å². The minimum absolute atomic E-state index is 0.101. The molecule has 4 heteroatoms. The van der Waals surface area contributed by atoms with Crippen LogP contribution in [0.5, 0.6) is 0 Å². The standard InChI is InChI=1S/C17H18FNO2/c18-14-9-10-15(16(19)12-14)17(20)21-11-5-4-8-13-6-2-1-3-7-13/h1-3,6-7,9-10,12H,4-5,8,11,19H2. The van der Waals surface area contributed by atoms with Gasteiger partial charge in [0.2, 0.25) is 0 Å². The summed E-state index contributed by atoms with van der Waals surface area (Å²) in [6.45, 7) is 0.336. The lowest BCUT2D eigenvalue weighted by Gasteiger charge is -2.07. The van der Waals surface area contributed by atoms with Crippen LogP contribution in [-0.2, 0) is 11.2 Å². The maximum absolute atomic E-state index is 12.9. The Kier molecular flexibility index (Phi) is 5.32. The van der Waals surface area contributed by atoms with Crippen LogP contribution >= 0.6 is 0 Å². The minimum Gasteiger partial charge on any atom is -0.462 e. The van der Waals surface area contributed by atoms with Crippen molar-refractivity contribution in [2.24, 2.45) is 0 Å². The maximum atomic E-state index is 12.9. The van der Waals surface area contributed by atoms with Crippen molar-refractivity contribution in [3.8, 4) is 0 Å². The molecule has 2 N–H and O–H groups in total. The molecule has 3 nitrogen and oxygen atoms in total. The summed E-state index contributed by atoms with van der Waals surface area (Å²) in [4.78, 5) is 11.8. The molecule has 0 unspecified atom stereocenters. The van der Waals surface area contributed by atoms with Crippen LogP contribution in [0.15, 0.2) is 48.5 Å². The van der Waals surface area contributed by atoms with Crippen LogP contribution in [0.4, 0.5) is 10.1 Å². The summed E-state index contributed by atoms with van der Waals surface area (Å²) >= 11 is 0. The van der Waals surface area contributed by atoms with Gasteiger partial charge < -0.3 is 10.5 Å². The van der Waals surface area contributed by atoms with E-state index < -0.39 is 11.8 Å².